The van der Waals surface area contributed by atoms with Gasteiger partial charge in [-0.1, -0.05) is 121 Å². The van der Waals surface area contributed by atoms with Crippen LogP contribution >= 0.6 is 0 Å². The lowest BCUT2D eigenvalue weighted by Crippen LogP contribution is -2.00. The highest BCUT2D eigenvalue weighted by Gasteiger charge is 2.28. The molecule has 8 aromatic carbocycles. The van der Waals surface area contributed by atoms with E-state index in [1.807, 2.05) is 66.7 Å². The van der Waals surface area contributed by atoms with Gasteiger partial charge in [-0.2, -0.15) is 5.26 Å². The predicted octanol–water partition coefficient (Wildman–Crippen LogP) is 12.9. The van der Waals surface area contributed by atoms with Crippen LogP contribution in [0.4, 0.5) is 0 Å². The highest BCUT2D eigenvalue weighted by molar-refractivity contribution is 6.39. The first-order valence-corrected chi connectivity index (χ1v) is 19.0. The molecule has 0 radical (unpaired) electrons. The van der Waals surface area contributed by atoms with Gasteiger partial charge >= 0.3 is 0 Å². The van der Waals surface area contributed by atoms with Crippen molar-refractivity contribution >= 4 is 76.6 Å². The van der Waals surface area contributed by atoms with Gasteiger partial charge in [0.1, 0.15) is 11.7 Å². The van der Waals surface area contributed by atoms with E-state index < -0.39 is 0 Å². The second-order valence-electron chi connectivity index (χ2n) is 14.4. The topological polar surface area (TPSA) is 72.6 Å². The Morgan fingerprint density at radius 2 is 1.05 bits per heavy atom. The van der Waals surface area contributed by atoms with E-state index in [0.717, 1.165) is 110 Å². The van der Waals surface area contributed by atoms with Gasteiger partial charge in [0, 0.05) is 49.1 Å². The van der Waals surface area contributed by atoms with E-state index in [-0.39, 0.29) is 0 Å². The lowest BCUT2D eigenvalue weighted by Gasteiger charge is -2.15. The zero-order valence-corrected chi connectivity index (χ0v) is 30.4. The SMILES string of the molecule is N#Cc1cc(-c2nc3ccccc3nc2-c2ccccc2)ccc1-n1c2ccccc2c2c3c4ccccc4oc3c3c(c4ccccc4n3-c3ccccc3)c21. The molecule has 0 amide bonds. The van der Waals surface area contributed by atoms with Crippen LogP contribution in [-0.2, 0) is 0 Å². The van der Waals surface area contributed by atoms with Crippen molar-refractivity contribution in [2.45, 2.75) is 0 Å². The Morgan fingerprint density at radius 1 is 0.474 bits per heavy atom. The number of nitrogens with zero attached hydrogens (tertiary/aromatic N) is 5. The monoisotopic (exact) mass is 727 g/mol. The number of fused-ring (bicyclic) bond motifs is 13. The third-order valence-electron chi connectivity index (χ3n) is 11.3. The third-order valence-corrected chi connectivity index (χ3v) is 11.3. The third kappa shape index (κ3) is 4.45. The number of rotatable bonds is 4. The van der Waals surface area contributed by atoms with Gasteiger partial charge in [0.2, 0.25) is 0 Å². The molecule has 0 saturated carbocycles. The predicted molar refractivity (Wildman–Crippen MR) is 231 cm³/mol. The number of hydrogen-bond acceptors (Lipinski definition) is 4. The van der Waals surface area contributed by atoms with Gasteiger partial charge in [0.25, 0.3) is 0 Å². The number of benzene rings is 8. The number of hydrogen-bond donors (Lipinski definition) is 0. The van der Waals surface area contributed by atoms with E-state index in [9.17, 15) is 5.26 Å². The summed E-state index contributed by atoms with van der Waals surface area (Å²) in [6.07, 6.45) is 0. The minimum absolute atomic E-state index is 0.529. The standard InChI is InChI=1S/C51H29N5O/c52-30-33-29-32(48-47(31-15-3-1-4-16-31)53-38-22-10-11-23-39(38)54-48)27-28-40(33)56-42-25-13-7-19-35(42)44-45-37-21-9-14-26-43(37)57-51(45)50-46(49(44)56)36-20-8-12-24-41(36)55(50)34-17-5-2-6-18-34/h1-29H. The summed E-state index contributed by atoms with van der Waals surface area (Å²) in [5.41, 5.74) is 13.0. The minimum atomic E-state index is 0.529. The molecule has 6 heteroatoms. The molecule has 0 bridgehead atoms. The van der Waals surface area contributed by atoms with Gasteiger partial charge in [-0.05, 0) is 54.6 Å². The summed E-state index contributed by atoms with van der Waals surface area (Å²) >= 11 is 0. The molecule has 0 N–H and O–H groups in total. The number of para-hydroxylation sites is 6. The van der Waals surface area contributed by atoms with Crippen molar-refractivity contribution in [3.8, 4) is 40.0 Å². The fourth-order valence-electron chi connectivity index (χ4n) is 8.95. The molecule has 0 saturated heterocycles. The number of furan rings is 1. The van der Waals surface area contributed by atoms with E-state index in [1.54, 1.807) is 0 Å². The fraction of sp³-hybridized carbons (Fsp3) is 0. The molecule has 12 aromatic rings. The Kier molecular flexibility index (Phi) is 6.60. The molecule has 0 aliphatic carbocycles. The Labute approximate surface area is 325 Å². The molecule has 0 aliphatic heterocycles. The van der Waals surface area contributed by atoms with Crippen LogP contribution in [0.5, 0.6) is 0 Å². The van der Waals surface area contributed by atoms with Crippen LogP contribution in [0.25, 0.3) is 110 Å². The minimum Gasteiger partial charge on any atom is -0.454 e. The van der Waals surface area contributed by atoms with Gasteiger partial charge in [-0.3, -0.25) is 0 Å². The summed E-state index contributed by atoms with van der Waals surface area (Å²) in [6, 6.07) is 62.7. The van der Waals surface area contributed by atoms with Gasteiger partial charge in [0.15, 0.2) is 5.58 Å². The van der Waals surface area contributed by atoms with Crippen molar-refractivity contribution in [3.05, 3.63) is 181 Å². The van der Waals surface area contributed by atoms with Gasteiger partial charge in [0.05, 0.1) is 55.7 Å². The molecule has 0 aliphatic rings. The molecule has 57 heavy (non-hydrogen) atoms. The Balaban J connectivity index is 1.24. The Morgan fingerprint density at radius 3 is 1.77 bits per heavy atom. The van der Waals surface area contributed by atoms with Crippen LogP contribution in [0, 0.1) is 11.3 Å². The van der Waals surface area contributed by atoms with Crippen LogP contribution < -0.4 is 0 Å². The van der Waals surface area contributed by atoms with E-state index in [2.05, 4.69) is 124 Å². The highest BCUT2D eigenvalue weighted by atomic mass is 16.3. The maximum atomic E-state index is 11.1. The fourth-order valence-corrected chi connectivity index (χ4v) is 8.95. The molecular weight excluding hydrogens is 699 g/mol. The molecule has 0 unspecified atom stereocenters. The van der Waals surface area contributed by atoms with Gasteiger partial charge in [-0.25, -0.2) is 9.97 Å². The smallest absolute Gasteiger partial charge is 0.160 e. The van der Waals surface area contributed by atoms with Crippen molar-refractivity contribution in [1.82, 2.24) is 19.1 Å². The summed E-state index contributed by atoms with van der Waals surface area (Å²) < 4.78 is 11.5. The zero-order valence-electron chi connectivity index (χ0n) is 30.4. The summed E-state index contributed by atoms with van der Waals surface area (Å²) in [5, 5.41) is 17.5. The first-order chi connectivity index (χ1) is 28.3. The average molecular weight is 728 g/mol. The van der Waals surface area contributed by atoms with Gasteiger partial charge < -0.3 is 13.6 Å². The largest absolute Gasteiger partial charge is 0.454 e. The first kappa shape index (κ1) is 31.4. The zero-order chi connectivity index (χ0) is 37.6. The second kappa shape index (κ2) is 12.0. The molecular formula is C51H29N5O. The second-order valence-corrected chi connectivity index (χ2v) is 14.4. The van der Waals surface area contributed by atoms with Crippen LogP contribution in [-0.4, -0.2) is 19.1 Å². The van der Waals surface area contributed by atoms with Crippen LogP contribution in [0.2, 0.25) is 0 Å². The van der Waals surface area contributed by atoms with Crippen molar-refractivity contribution in [3.63, 3.8) is 0 Å². The van der Waals surface area contributed by atoms with Crippen molar-refractivity contribution in [2.75, 3.05) is 0 Å². The van der Waals surface area contributed by atoms with Crippen molar-refractivity contribution in [1.29, 1.82) is 5.26 Å². The molecule has 0 fully saturated rings. The molecule has 264 valence electrons. The van der Waals surface area contributed by atoms with Gasteiger partial charge in [-0.15, -0.1) is 0 Å². The first-order valence-electron chi connectivity index (χ1n) is 19.0. The maximum absolute atomic E-state index is 11.1. The van der Waals surface area contributed by atoms with Crippen molar-refractivity contribution in [2.24, 2.45) is 0 Å². The molecule has 0 spiro atoms. The maximum Gasteiger partial charge on any atom is 0.160 e. The number of nitriles is 1. The summed E-state index contributed by atoms with van der Waals surface area (Å²) in [5.74, 6) is 0. The van der Waals surface area contributed by atoms with E-state index >= 15 is 0 Å². The normalized spacial score (nSPS) is 11.8. The lowest BCUT2D eigenvalue weighted by molar-refractivity contribution is 0.671. The molecule has 0 atom stereocenters. The number of aromatic nitrogens is 4. The summed E-state index contributed by atoms with van der Waals surface area (Å²) in [6.45, 7) is 0. The van der Waals surface area contributed by atoms with E-state index in [1.165, 1.54) is 0 Å². The Bertz CT molecular complexity index is 3640. The molecule has 4 heterocycles. The van der Waals surface area contributed by atoms with Crippen LogP contribution in [0.1, 0.15) is 5.56 Å². The highest BCUT2D eigenvalue weighted by Crippen LogP contribution is 2.49. The average Bonchev–Trinajstić information content (AvgIpc) is 3.94. The lowest BCUT2D eigenvalue weighted by atomic mass is 10.0. The van der Waals surface area contributed by atoms with Crippen LogP contribution in [0.15, 0.2) is 180 Å². The van der Waals surface area contributed by atoms with Crippen molar-refractivity contribution < 1.29 is 4.42 Å². The van der Waals surface area contributed by atoms with E-state index in [0.29, 0.717) is 5.56 Å². The molecule has 4 aromatic heterocycles. The quantitative estimate of drug-likeness (QED) is 0.181. The van der Waals surface area contributed by atoms with E-state index in [4.69, 9.17) is 14.4 Å². The molecule has 6 nitrogen and oxygen atoms in total. The van der Waals surface area contributed by atoms with Crippen LogP contribution in [0.3, 0.4) is 0 Å². The Hall–Kier alpha value is -8.01. The summed E-state index contributed by atoms with van der Waals surface area (Å²) in [4.78, 5) is 10.3. The molecule has 12 rings (SSSR count). The summed E-state index contributed by atoms with van der Waals surface area (Å²) in [7, 11) is 0.